The molecule has 0 aromatic heterocycles. The maximum atomic E-state index is 11.8. The van der Waals surface area contributed by atoms with Crippen molar-refractivity contribution in [2.75, 3.05) is 32.0 Å². The Morgan fingerprint density at radius 3 is 2.44 bits per heavy atom. The van der Waals surface area contributed by atoms with Crippen LogP contribution in [0.3, 0.4) is 0 Å². The van der Waals surface area contributed by atoms with Gasteiger partial charge in [-0.3, -0.25) is 5.01 Å². The molecule has 8 nitrogen and oxygen atoms in total. The molecule has 34 heavy (non-hydrogen) atoms. The number of ether oxygens (including phenoxy) is 1. The quantitative estimate of drug-likeness (QED) is 0.224. The molecule has 0 fully saturated rings. The van der Waals surface area contributed by atoms with Crippen molar-refractivity contribution < 1.29 is 9.53 Å². The summed E-state index contributed by atoms with van der Waals surface area (Å²) >= 11 is 0. The highest BCUT2D eigenvalue weighted by Crippen LogP contribution is 2.21. The van der Waals surface area contributed by atoms with Crippen molar-refractivity contribution in [3.63, 3.8) is 0 Å². The molecule has 0 aliphatic rings. The largest absolute Gasteiger partial charge is 0.444 e. The number of alkyl carbamates (subject to hydrolysis) is 1. The van der Waals surface area contributed by atoms with Gasteiger partial charge in [0.05, 0.1) is 18.2 Å². The van der Waals surface area contributed by atoms with Crippen LogP contribution in [-0.2, 0) is 4.74 Å². The van der Waals surface area contributed by atoms with Crippen molar-refractivity contribution in [1.29, 1.82) is 5.26 Å². The van der Waals surface area contributed by atoms with Gasteiger partial charge in [0.1, 0.15) is 5.60 Å². The standard InChI is InChI=1S/C26H42N6O2/c1-9-20(2)23(30-22-12-10-21(18-27)11-13-22)14-17-32(8)31-29-19-26(6,7)15-16-28-24(33)34-25(3,4)5/h9-13,23,30H,14-17,19H2,1-8H3,(H,28,33)/b20-9+,31-29?. The van der Waals surface area contributed by atoms with E-state index in [9.17, 15) is 4.79 Å². The summed E-state index contributed by atoms with van der Waals surface area (Å²) in [6.07, 6.45) is 3.34. The Labute approximate surface area is 205 Å². The van der Waals surface area contributed by atoms with Crippen LogP contribution in [0, 0.1) is 16.7 Å². The van der Waals surface area contributed by atoms with E-state index < -0.39 is 11.7 Å². The monoisotopic (exact) mass is 470 g/mol. The molecule has 1 amide bonds. The molecule has 188 valence electrons. The van der Waals surface area contributed by atoms with E-state index in [4.69, 9.17) is 10.00 Å². The number of amides is 1. The molecule has 0 spiro atoms. The summed E-state index contributed by atoms with van der Waals surface area (Å²) in [7, 11) is 1.92. The highest BCUT2D eigenvalue weighted by atomic mass is 16.6. The minimum Gasteiger partial charge on any atom is -0.444 e. The van der Waals surface area contributed by atoms with E-state index in [1.807, 2.05) is 64.0 Å². The van der Waals surface area contributed by atoms with Crippen LogP contribution in [0.4, 0.5) is 10.5 Å². The third-order valence-corrected chi connectivity index (χ3v) is 5.29. The highest BCUT2D eigenvalue weighted by Gasteiger charge is 2.20. The van der Waals surface area contributed by atoms with Gasteiger partial charge in [0.25, 0.3) is 0 Å². The Bertz CT molecular complexity index is 863. The van der Waals surface area contributed by atoms with Gasteiger partial charge in [0, 0.05) is 31.9 Å². The van der Waals surface area contributed by atoms with Crippen LogP contribution in [0.15, 0.2) is 46.3 Å². The predicted octanol–water partition coefficient (Wildman–Crippen LogP) is 5.94. The summed E-state index contributed by atoms with van der Waals surface area (Å²) in [6, 6.07) is 9.79. The topological polar surface area (TPSA) is 102 Å². The number of benzene rings is 1. The minimum absolute atomic E-state index is 0.0967. The van der Waals surface area contributed by atoms with E-state index in [0.717, 1.165) is 25.1 Å². The molecule has 1 aromatic carbocycles. The number of nitrogens with zero attached hydrogens (tertiary/aromatic N) is 4. The van der Waals surface area contributed by atoms with Gasteiger partial charge in [-0.25, -0.2) is 4.79 Å². The summed E-state index contributed by atoms with van der Waals surface area (Å²) in [4.78, 5) is 11.8. The van der Waals surface area contributed by atoms with Gasteiger partial charge in [0.2, 0.25) is 0 Å². The Balaban J connectivity index is 2.49. The first-order valence-corrected chi connectivity index (χ1v) is 11.8. The summed E-state index contributed by atoms with van der Waals surface area (Å²) in [6.45, 7) is 15.7. The maximum absolute atomic E-state index is 11.8. The van der Waals surface area contributed by atoms with Crippen molar-refractivity contribution in [2.45, 2.75) is 73.0 Å². The molecule has 0 saturated heterocycles. The fraction of sp³-hybridized carbons (Fsp3) is 0.615. The van der Waals surface area contributed by atoms with E-state index in [-0.39, 0.29) is 11.5 Å². The SMILES string of the molecule is C/C=C(\C)C(CCN(C)N=NCC(C)(C)CCNC(=O)OC(C)(C)C)Nc1ccc(C#N)cc1. The molecule has 1 unspecified atom stereocenters. The average molecular weight is 471 g/mol. The number of carbonyl (C=O) groups excluding carboxylic acids is 1. The first-order chi connectivity index (χ1) is 15.8. The van der Waals surface area contributed by atoms with Crippen LogP contribution >= 0.6 is 0 Å². The van der Waals surface area contributed by atoms with Crippen molar-refractivity contribution in [1.82, 2.24) is 10.3 Å². The second kappa shape index (κ2) is 13.6. The summed E-state index contributed by atoms with van der Waals surface area (Å²) in [5, 5.41) is 25.9. The van der Waals surface area contributed by atoms with Crippen molar-refractivity contribution >= 4 is 11.8 Å². The molecular formula is C26H42N6O2. The zero-order valence-corrected chi connectivity index (χ0v) is 22.1. The summed E-state index contributed by atoms with van der Waals surface area (Å²) in [5.74, 6) is 0. The van der Waals surface area contributed by atoms with Crippen LogP contribution in [-0.4, -0.2) is 49.4 Å². The number of hydrogen-bond donors (Lipinski definition) is 2. The normalized spacial score (nSPS) is 13.3. The Morgan fingerprint density at radius 1 is 1.24 bits per heavy atom. The molecule has 0 bridgehead atoms. The van der Waals surface area contributed by atoms with E-state index in [0.29, 0.717) is 18.7 Å². The number of anilines is 1. The molecule has 1 rings (SSSR count). The smallest absolute Gasteiger partial charge is 0.407 e. The predicted molar refractivity (Wildman–Crippen MR) is 138 cm³/mol. The first kappa shape index (κ1) is 29.0. The zero-order chi connectivity index (χ0) is 25.8. The maximum Gasteiger partial charge on any atom is 0.407 e. The lowest BCUT2D eigenvalue weighted by Crippen LogP contribution is -2.34. The van der Waals surface area contributed by atoms with Crippen LogP contribution in [0.25, 0.3) is 0 Å². The van der Waals surface area contributed by atoms with Crippen molar-refractivity contribution in [3.8, 4) is 6.07 Å². The van der Waals surface area contributed by atoms with Crippen LogP contribution in [0.1, 0.15) is 66.9 Å². The summed E-state index contributed by atoms with van der Waals surface area (Å²) < 4.78 is 5.26. The van der Waals surface area contributed by atoms with E-state index in [1.54, 1.807) is 0 Å². The number of carbonyl (C=O) groups is 1. The molecule has 1 atom stereocenters. The third kappa shape index (κ3) is 12.2. The zero-order valence-electron chi connectivity index (χ0n) is 22.1. The molecular weight excluding hydrogens is 428 g/mol. The molecule has 0 heterocycles. The second-order valence-electron chi connectivity index (χ2n) is 10.3. The number of nitriles is 1. The Kier molecular flexibility index (Phi) is 11.6. The average Bonchev–Trinajstić information content (AvgIpc) is 2.74. The van der Waals surface area contributed by atoms with Crippen LogP contribution < -0.4 is 10.6 Å². The molecule has 2 N–H and O–H groups in total. The number of rotatable bonds is 12. The van der Waals surface area contributed by atoms with Gasteiger partial charge in [-0.2, -0.15) is 10.4 Å². The molecule has 0 aliphatic carbocycles. The Hall–Kier alpha value is -3.08. The Morgan fingerprint density at radius 2 is 1.88 bits per heavy atom. The van der Waals surface area contributed by atoms with E-state index >= 15 is 0 Å². The molecule has 0 aliphatic heterocycles. The first-order valence-electron chi connectivity index (χ1n) is 11.8. The van der Waals surface area contributed by atoms with Gasteiger partial charge in [0.15, 0.2) is 0 Å². The van der Waals surface area contributed by atoms with E-state index in [2.05, 4.69) is 53.9 Å². The number of allylic oxidation sites excluding steroid dienone is 1. The minimum atomic E-state index is -0.500. The highest BCUT2D eigenvalue weighted by molar-refractivity contribution is 5.67. The van der Waals surface area contributed by atoms with Crippen molar-refractivity contribution in [3.05, 3.63) is 41.5 Å². The summed E-state index contributed by atoms with van der Waals surface area (Å²) in [5.41, 5.74) is 2.28. The molecule has 0 saturated carbocycles. The van der Waals surface area contributed by atoms with Gasteiger partial charge < -0.3 is 15.4 Å². The molecule has 8 heteroatoms. The lowest BCUT2D eigenvalue weighted by molar-refractivity contribution is 0.0522. The van der Waals surface area contributed by atoms with Crippen LogP contribution in [0.2, 0.25) is 0 Å². The fourth-order valence-corrected chi connectivity index (χ4v) is 3.04. The number of hydrogen-bond acceptors (Lipinski definition) is 6. The molecule has 0 radical (unpaired) electrons. The van der Waals surface area contributed by atoms with Gasteiger partial charge in [-0.15, -0.1) is 0 Å². The second-order valence-corrected chi connectivity index (χ2v) is 10.3. The lowest BCUT2D eigenvalue weighted by Gasteiger charge is -2.24. The van der Waals surface area contributed by atoms with Gasteiger partial charge >= 0.3 is 6.09 Å². The van der Waals surface area contributed by atoms with Gasteiger partial charge in [-0.1, -0.05) is 30.7 Å². The molecule has 1 aromatic rings. The van der Waals surface area contributed by atoms with E-state index in [1.165, 1.54) is 5.57 Å². The lowest BCUT2D eigenvalue weighted by atomic mass is 9.90. The van der Waals surface area contributed by atoms with Crippen molar-refractivity contribution in [2.24, 2.45) is 15.8 Å². The van der Waals surface area contributed by atoms with Gasteiger partial charge in [-0.05, 0) is 77.1 Å². The fourth-order valence-electron chi connectivity index (χ4n) is 3.04. The third-order valence-electron chi connectivity index (χ3n) is 5.29. The number of nitrogens with one attached hydrogen (secondary N) is 2. The van der Waals surface area contributed by atoms with Crippen LogP contribution in [0.5, 0.6) is 0 Å².